The first-order chi connectivity index (χ1) is 11.5. The summed E-state index contributed by atoms with van der Waals surface area (Å²) in [5.41, 5.74) is 5.53. The SMILES string of the molecule is CCc1cccc(C)c1NC(=O)C(C)n1ccc2cc(C)ccc21. The first-order valence-electron chi connectivity index (χ1n) is 8.47. The Morgan fingerprint density at radius 3 is 2.71 bits per heavy atom. The molecule has 0 bridgehead atoms. The van der Waals surface area contributed by atoms with Crippen molar-refractivity contribution in [2.24, 2.45) is 0 Å². The lowest BCUT2D eigenvalue weighted by Crippen LogP contribution is -2.24. The van der Waals surface area contributed by atoms with Crippen molar-refractivity contribution in [2.45, 2.75) is 40.2 Å². The zero-order valence-electron chi connectivity index (χ0n) is 14.8. The molecule has 0 saturated heterocycles. The molecule has 3 nitrogen and oxygen atoms in total. The number of benzene rings is 2. The Labute approximate surface area is 143 Å². The van der Waals surface area contributed by atoms with Gasteiger partial charge in [0.25, 0.3) is 0 Å². The van der Waals surface area contributed by atoms with Gasteiger partial charge in [0.05, 0.1) is 0 Å². The van der Waals surface area contributed by atoms with E-state index in [-0.39, 0.29) is 11.9 Å². The Morgan fingerprint density at radius 1 is 1.17 bits per heavy atom. The summed E-state index contributed by atoms with van der Waals surface area (Å²) in [6, 6.07) is 14.3. The third-order valence-corrected chi connectivity index (χ3v) is 4.66. The molecule has 1 heterocycles. The number of nitrogens with zero attached hydrogens (tertiary/aromatic N) is 1. The summed E-state index contributed by atoms with van der Waals surface area (Å²) in [5.74, 6) is 0.0112. The molecule has 3 rings (SSSR count). The number of amides is 1. The number of nitrogens with one attached hydrogen (secondary N) is 1. The third kappa shape index (κ3) is 2.94. The van der Waals surface area contributed by atoms with E-state index in [2.05, 4.69) is 49.5 Å². The topological polar surface area (TPSA) is 34.0 Å². The highest BCUT2D eigenvalue weighted by atomic mass is 16.2. The number of hydrogen-bond donors (Lipinski definition) is 1. The van der Waals surface area contributed by atoms with Crippen LogP contribution in [0.5, 0.6) is 0 Å². The molecule has 0 radical (unpaired) electrons. The van der Waals surface area contributed by atoms with Crippen LogP contribution in [0.4, 0.5) is 5.69 Å². The molecule has 1 amide bonds. The van der Waals surface area contributed by atoms with E-state index in [0.717, 1.165) is 23.2 Å². The summed E-state index contributed by atoms with van der Waals surface area (Å²) in [5, 5.41) is 4.30. The Kier molecular flexibility index (Phi) is 4.43. The van der Waals surface area contributed by atoms with Gasteiger partial charge in [0.2, 0.25) is 5.91 Å². The van der Waals surface area contributed by atoms with Gasteiger partial charge >= 0.3 is 0 Å². The summed E-state index contributed by atoms with van der Waals surface area (Å²) in [6.45, 7) is 8.17. The number of hydrogen-bond acceptors (Lipinski definition) is 1. The second-order valence-electron chi connectivity index (χ2n) is 6.41. The van der Waals surface area contributed by atoms with E-state index >= 15 is 0 Å². The van der Waals surface area contributed by atoms with Gasteiger partial charge in [-0.2, -0.15) is 0 Å². The minimum absolute atomic E-state index is 0.0112. The fraction of sp³-hybridized carbons (Fsp3) is 0.286. The van der Waals surface area contributed by atoms with Crippen molar-refractivity contribution in [1.82, 2.24) is 4.57 Å². The number of aryl methyl sites for hydroxylation is 3. The number of carbonyl (C=O) groups is 1. The van der Waals surface area contributed by atoms with Crippen LogP contribution in [-0.4, -0.2) is 10.5 Å². The van der Waals surface area contributed by atoms with Crippen LogP contribution in [-0.2, 0) is 11.2 Å². The van der Waals surface area contributed by atoms with Crippen LogP contribution >= 0.6 is 0 Å². The molecule has 0 fully saturated rings. The lowest BCUT2D eigenvalue weighted by Gasteiger charge is -2.18. The number of aromatic nitrogens is 1. The fourth-order valence-corrected chi connectivity index (χ4v) is 3.18. The van der Waals surface area contributed by atoms with Crippen molar-refractivity contribution in [3.8, 4) is 0 Å². The molecule has 124 valence electrons. The summed E-state index contributed by atoms with van der Waals surface area (Å²) < 4.78 is 2.04. The molecule has 3 heteroatoms. The Bertz CT molecular complexity index is 892. The van der Waals surface area contributed by atoms with Crippen molar-refractivity contribution < 1.29 is 4.79 Å². The van der Waals surface area contributed by atoms with Gasteiger partial charge < -0.3 is 9.88 Å². The summed E-state index contributed by atoms with van der Waals surface area (Å²) in [4.78, 5) is 12.8. The summed E-state index contributed by atoms with van der Waals surface area (Å²) in [7, 11) is 0. The second kappa shape index (κ2) is 6.52. The van der Waals surface area contributed by atoms with Crippen molar-refractivity contribution in [1.29, 1.82) is 0 Å². The zero-order valence-corrected chi connectivity index (χ0v) is 14.8. The van der Waals surface area contributed by atoms with E-state index < -0.39 is 0 Å². The number of para-hydroxylation sites is 1. The van der Waals surface area contributed by atoms with Crippen LogP contribution < -0.4 is 5.32 Å². The normalized spacial score (nSPS) is 12.3. The van der Waals surface area contributed by atoms with Gasteiger partial charge in [0.15, 0.2) is 0 Å². The average Bonchev–Trinajstić information content (AvgIpc) is 2.98. The molecule has 0 aliphatic carbocycles. The minimum Gasteiger partial charge on any atom is -0.335 e. The van der Waals surface area contributed by atoms with Crippen molar-refractivity contribution in [3.63, 3.8) is 0 Å². The first-order valence-corrected chi connectivity index (χ1v) is 8.47. The van der Waals surface area contributed by atoms with Crippen LogP contribution in [0.15, 0.2) is 48.7 Å². The number of fused-ring (bicyclic) bond motifs is 1. The van der Waals surface area contributed by atoms with Crippen LogP contribution in [0.3, 0.4) is 0 Å². The van der Waals surface area contributed by atoms with Crippen LogP contribution in [0.25, 0.3) is 10.9 Å². The molecular weight excluding hydrogens is 296 g/mol. The van der Waals surface area contributed by atoms with Gasteiger partial charge in [-0.1, -0.05) is 36.8 Å². The second-order valence-corrected chi connectivity index (χ2v) is 6.41. The molecule has 1 atom stereocenters. The smallest absolute Gasteiger partial charge is 0.247 e. The lowest BCUT2D eigenvalue weighted by molar-refractivity contribution is -0.118. The Morgan fingerprint density at radius 2 is 1.96 bits per heavy atom. The van der Waals surface area contributed by atoms with Crippen LogP contribution in [0.2, 0.25) is 0 Å². The average molecular weight is 320 g/mol. The van der Waals surface area contributed by atoms with Crippen LogP contribution in [0.1, 0.15) is 36.6 Å². The minimum atomic E-state index is -0.269. The molecule has 3 aromatic rings. The zero-order chi connectivity index (χ0) is 17.3. The van der Waals surface area contributed by atoms with E-state index in [0.29, 0.717) is 0 Å². The van der Waals surface area contributed by atoms with Gasteiger partial charge in [-0.25, -0.2) is 0 Å². The Balaban J connectivity index is 1.90. The van der Waals surface area contributed by atoms with E-state index in [4.69, 9.17) is 0 Å². The van der Waals surface area contributed by atoms with Gasteiger partial charge in [-0.05, 0) is 61.9 Å². The molecule has 1 unspecified atom stereocenters. The highest BCUT2D eigenvalue weighted by molar-refractivity contribution is 5.96. The van der Waals surface area contributed by atoms with Gasteiger partial charge in [0.1, 0.15) is 6.04 Å². The van der Waals surface area contributed by atoms with Crippen LogP contribution in [0, 0.1) is 13.8 Å². The molecular formula is C21H24N2O. The van der Waals surface area contributed by atoms with Crippen molar-refractivity contribution >= 4 is 22.5 Å². The standard InChI is InChI=1S/C21H24N2O/c1-5-17-8-6-7-15(3)20(17)22-21(24)16(4)23-12-11-18-13-14(2)9-10-19(18)23/h6-13,16H,5H2,1-4H3,(H,22,24). The summed E-state index contributed by atoms with van der Waals surface area (Å²) >= 11 is 0. The molecule has 2 aromatic carbocycles. The van der Waals surface area contributed by atoms with Crippen molar-refractivity contribution in [3.05, 3.63) is 65.4 Å². The largest absolute Gasteiger partial charge is 0.335 e. The predicted molar refractivity (Wildman–Crippen MR) is 101 cm³/mol. The van der Waals surface area contributed by atoms with E-state index in [9.17, 15) is 4.79 Å². The Hall–Kier alpha value is -2.55. The monoisotopic (exact) mass is 320 g/mol. The molecule has 0 aliphatic heterocycles. The molecule has 0 spiro atoms. The molecule has 0 saturated carbocycles. The molecule has 1 N–H and O–H groups in total. The highest BCUT2D eigenvalue weighted by Crippen LogP contribution is 2.25. The number of carbonyl (C=O) groups excluding carboxylic acids is 1. The lowest BCUT2D eigenvalue weighted by atomic mass is 10.1. The van der Waals surface area contributed by atoms with E-state index in [1.807, 2.05) is 36.7 Å². The molecule has 1 aromatic heterocycles. The maximum absolute atomic E-state index is 12.8. The fourth-order valence-electron chi connectivity index (χ4n) is 3.18. The quantitative estimate of drug-likeness (QED) is 0.719. The third-order valence-electron chi connectivity index (χ3n) is 4.66. The van der Waals surface area contributed by atoms with Gasteiger partial charge in [-0.3, -0.25) is 4.79 Å². The molecule has 24 heavy (non-hydrogen) atoms. The molecule has 0 aliphatic rings. The summed E-state index contributed by atoms with van der Waals surface area (Å²) in [6.07, 6.45) is 2.89. The predicted octanol–water partition coefficient (Wildman–Crippen LogP) is 5.02. The van der Waals surface area contributed by atoms with Crippen molar-refractivity contribution in [2.75, 3.05) is 5.32 Å². The van der Waals surface area contributed by atoms with Gasteiger partial charge in [-0.15, -0.1) is 0 Å². The van der Waals surface area contributed by atoms with E-state index in [1.165, 1.54) is 16.5 Å². The first kappa shape index (κ1) is 16.3. The number of rotatable bonds is 4. The van der Waals surface area contributed by atoms with Gasteiger partial charge in [0, 0.05) is 17.4 Å². The number of anilines is 1. The maximum atomic E-state index is 12.8. The maximum Gasteiger partial charge on any atom is 0.247 e. The van der Waals surface area contributed by atoms with E-state index in [1.54, 1.807) is 0 Å². The highest BCUT2D eigenvalue weighted by Gasteiger charge is 2.18.